The second kappa shape index (κ2) is 8.01. The predicted octanol–water partition coefficient (Wildman–Crippen LogP) is 2.60. The average Bonchev–Trinajstić information content (AvgIpc) is 2.61. The molecule has 2 N–H and O–H groups in total. The lowest BCUT2D eigenvalue weighted by molar-refractivity contribution is -0.898. The first kappa shape index (κ1) is 18.6. The summed E-state index contributed by atoms with van der Waals surface area (Å²) in [5, 5.41) is 3.22. The molecule has 2 aromatic carbocycles. The van der Waals surface area contributed by atoms with E-state index >= 15 is 0 Å². The molecule has 1 aliphatic rings. The largest absolute Gasteiger partial charge is 0.359 e. The van der Waals surface area contributed by atoms with E-state index in [0.29, 0.717) is 10.7 Å². The van der Waals surface area contributed by atoms with Crippen LogP contribution in [0.2, 0.25) is 5.02 Å². The van der Waals surface area contributed by atoms with E-state index in [1.165, 1.54) is 4.90 Å². The molecule has 26 heavy (non-hydrogen) atoms. The molecule has 0 aliphatic carbocycles. The van der Waals surface area contributed by atoms with Gasteiger partial charge in [-0.2, -0.15) is 0 Å². The van der Waals surface area contributed by atoms with Crippen LogP contribution in [0, 0.1) is 11.6 Å². The zero-order valence-corrected chi connectivity index (χ0v) is 15.2. The number of hydrogen-bond donors (Lipinski definition) is 2. The third-order valence-electron chi connectivity index (χ3n) is 4.64. The number of nitrogens with one attached hydrogen (secondary N) is 2. The molecular weight excluding hydrogens is 360 g/mol. The van der Waals surface area contributed by atoms with Gasteiger partial charge in [0.25, 0.3) is 5.91 Å². The van der Waals surface area contributed by atoms with Crippen molar-refractivity contribution in [3.8, 4) is 0 Å². The van der Waals surface area contributed by atoms with E-state index in [1.54, 1.807) is 12.1 Å². The zero-order chi connectivity index (χ0) is 18.7. The number of nitrogens with zero attached hydrogens (tertiary/aromatic N) is 1. The maximum Gasteiger partial charge on any atom is 0.255 e. The summed E-state index contributed by atoms with van der Waals surface area (Å²) in [6.07, 6.45) is 0. The smallest absolute Gasteiger partial charge is 0.255 e. The molecule has 0 saturated carbocycles. The number of quaternary nitrogens is 1. The van der Waals surface area contributed by atoms with Crippen LogP contribution in [-0.2, 0) is 0 Å². The van der Waals surface area contributed by atoms with Crippen molar-refractivity contribution in [2.75, 3.05) is 42.9 Å². The Labute approximate surface area is 156 Å². The first-order chi connectivity index (χ1) is 12.5. The molecule has 7 heteroatoms. The van der Waals surface area contributed by atoms with Gasteiger partial charge < -0.3 is 15.1 Å². The highest BCUT2D eigenvalue weighted by Crippen LogP contribution is 2.30. The van der Waals surface area contributed by atoms with Crippen molar-refractivity contribution in [2.45, 2.75) is 6.92 Å². The van der Waals surface area contributed by atoms with Crippen molar-refractivity contribution < 1.29 is 18.5 Å². The number of rotatable bonds is 4. The molecule has 1 aliphatic heterocycles. The van der Waals surface area contributed by atoms with E-state index in [2.05, 4.69) is 17.1 Å². The minimum absolute atomic E-state index is 0.0753. The molecule has 1 fully saturated rings. The van der Waals surface area contributed by atoms with E-state index in [-0.39, 0.29) is 5.56 Å². The summed E-state index contributed by atoms with van der Waals surface area (Å²) in [6, 6.07) is 8.03. The van der Waals surface area contributed by atoms with Gasteiger partial charge in [0.15, 0.2) is 0 Å². The van der Waals surface area contributed by atoms with Gasteiger partial charge in [-0.3, -0.25) is 4.79 Å². The molecule has 0 unspecified atom stereocenters. The number of likely N-dealkylation sites (N-methyl/N-ethyl adjacent to an activating group) is 1. The molecule has 2 aromatic rings. The molecule has 0 aromatic heterocycles. The Kier molecular flexibility index (Phi) is 5.74. The van der Waals surface area contributed by atoms with Gasteiger partial charge in [0, 0.05) is 16.7 Å². The van der Waals surface area contributed by atoms with Crippen LogP contribution in [0.4, 0.5) is 20.2 Å². The minimum atomic E-state index is -0.792. The molecule has 0 atom stereocenters. The van der Waals surface area contributed by atoms with Gasteiger partial charge in [0.2, 0.25) is 0 Å². The van der Waals surface area contributed by atoms with E-state index in [1.807, 2.05) is 6.07 Å². The quantitative estimate of drug-likeness (QED) is 0.855. The van der Waals surface area contributed by atoms with Crippen LogP contribution in [0.15, 0.2) is 36.4 Å². The van der Waals surface area contributed by atoms with Gasteiger partial charge in [-0.25, -0.2) is 8.78 Å². The Morgan fingerprint density at radius 1 is 1.15 bits per heavy atom. The Morgan fingerprint density at radius 2 is 1.81 bits per heavy atom. The van der Waals surface area contributed by atoms with Crippen LogP contribution in [0.5, 0.6) is 0 Å². The highest BCUT2D eigenvalue weighted by molar-refractivity contribution is 6.31. The maximum absolute atomic E-state index is 13.4. The van der Waals surface area contributed by atoms with Crippen molar-refractivity contribution in [1.29, 1.82) is 0 Å². The van der Waals surface area contributed by atoms with E-state index in [9.17, 15) is 13.6 Å². The highest BCUT2D eigenvalue weighted by atomic mass is 35.5. The van der Waals surface area contributed by atoms with E-state index in [0.717, 1.165) is 56.6 Å². The van der Waals surface area contributed by atoms with Crippen molar-refractivity contribution in [3.63, 3.8) is 0 Å². The second-order valence-corrected chi connectivity index (χ2v) is 6.80. The Morgan fingerprint density at radius 3 is 2.42 bits per heavy atom. The van der Waals surface area contributed by atoms with Gasteiger partial charge in [0.1, 0.15) is 11.6 Å². The number of amides is 1. The number of halogens is 3. The fourth-order valence-electron chi connectivity index (χ4n) is 3.18. The predicted molar refractivity (Wildman–Crippen MR) is 99.2 cm³/mol. The van der Waals surface area contributed by atoms with Crippen LogP contribution >= 0.6 is 11.6 Å². The van der Waals surface area contributed by atoms with E-state index in [4.69, 9.17) is 11.6 Å². The van der Waals surface area contributed by atoms with Crippen molar-refractivity contribution in [1.82, 2.24) is 0 Å². The van der Waals surface area contributed by atoms with Gasteiger partial charge in [-0.05, 0) is 37.3 Å². The first-order valence-corrected chi connectivity index (χ1v) is 8.99. The van der Waals surface area contributed by atoms with Crippen LogP contribution in [0.3, 0.4) is 0 Å². The molecule has 0 bridgehead atoms. The van der Waals surface area contributed by atoms with Gasteiger partial charge in [0.05, 0.1) is 44.1 Å². The van der Waals surface area contributed by atoms with E-state index < -0.39 is 17.5 Å². The number of piperazine rings is 1. The summed E-state index contributed by atoms with van der Waals surface area (Å²) in [4.78, 5) is 16.2. The Hall–Kier alpha value is -2.18. The average molecular weight is 381 g/mol. The summed E-state index contributed by atoms with van der Waals surface area (Å²) in [5.41, 5.74) is 1.32. The molecule has 138 valence electrons. The summed E-state index contributed by atoms with van der Waals surface area (Å²) < 4.78 is 26.8. The lowest BCUT2D eigenvalue weighted by atomic mass is 10.1. The zero-order valence-electron chi connectivity index (χ0n) is 14.5. The SMILES string of the molecule is CC[NH+]1CCN(c2ccc(Cl)cc2NC(=O)c2cc(F)cc(F)c2)CC1. The molecule has 1 heterocycles. The number of hydrogen-bond acceptors (Lipinski definition) is 2. The Balaban J connectivity index is 1.83. The lowest BCUT2D eigenvalue weighted by Gasteiger charge is -2.34. The summed E-state index contributed by atoms with van der Waals surface area (Å²) in [6.45, 7) is 7.01. The summed E-state index contributed by atoms with van der Waals surface area (Å²) in [5.74, 6) is -2.16. The van der Waals surface area contributed by atoms with Crippen LogP contribution in [-0.4, -0.2) is 38.6 Å². The molecule has 3 rings (SSSR count). The van der Waals surface area contributed by atoms with Crippen LogP contribution in [0.25, 0.3) is 0 Å². The molecule has 0 spiro atoms. The third-order valence-corrected chi connectivity index (χ3v) is 4.88. The van der Waals surface area contributed by atoms with Crippen LogP contribution in [0.1, 0.15) is 17.3 Å². The van der Waals surface area contributed by atoms with Gasteiger partial charge >= 0.3 is 0 Å². The standard InChI is InChI=1S/C19H20ClF2N3O/c1-2-24-5-7-25(8-6-24)18-4-3-14(20)11-17(18)23-19(26)13-9-15(21)12-16(22)10-13/h3-4,9-12H,2,5-8H2,1H3,(H,23,26)/p+1. The maximum atomic E-state index is 13.4. The molecule has 0 radical (unpaired) electrons. The molecule has 4 nitrogen and oxygen atoms in total. The number of carbonyl (C=O) groups is 1. The van der Waals surface area contributed by atoms with Crippen molar-refractivity contribution in [2.24, 2.45) is 0 Å². The Bertz CT molecular complexity index is 787. The van der Waals surface area contributed by atoms with Crippen molar-refractivity contribution >= 4 is 28.9 Å². The first-order valence-electron chi connectivity index (χ1n) is 8.61. The summed E-state index contributed by atoms with van der Waals surface area (Å²) >= 11 is 6.09. The summed E-state index contributed by atoms with van der Waals surface area (Å²) in [7, 11) is 0. The number of carbonyl (C=O) groups excluding carboxylic acids is 1. The fraction of sp³-hybridized carbons (Fsp3) is 0.316. The molecule has 1 amide bonds. The van der Waals surface area contributed by atoms with Gasteiger partial charge in [-0.15, -0.1) is 0 Å². The third kappa shape index (κ3) is 4.31. The molecular formula is C19H21ClF2N3O+. The monoisotopic (exact) mass is 380 g/mol. The minimum Gasteiger partial charge on any atom is -0.359 e. The lowest BCUT2D eigenvalue weighted by Crippen LogP contribution is -3.14. The number of benzene rings is 2. The van der Waals surface area contributed by atoms with Crippen LogP contribution < -0.4 is 15.1 Å². The highest BCUT2D eigenvalue weighted by Gasteiger charge is 2.22. The number of anilines is 2. The van der Waals surface area contributed by atoms with Gasteiger partial charge in [-0.1, -0.05) is 11.6 Å². The normalized spacial score (nSPS) is 15.2. The van der Waals surface area contributed by atoms with Crippen molar-refractivity contribution in [3.05, 3.63) is 58.6 Å². The topological polar surface area (TPSA) is 36.8 Å². The fourth-order valence-corrected chi connectivity index (χ4v) is 3.35. The second-order valence-electron chi connectivity index (χ2n) is 6.36. The molecule has 1 saturated heterocycles.